The molecular weight excluding hydrogens is 340 g/mol. The predicted octanol–water partition coefficient (Wildman–Crippen LogP) is 5.47. The van der Waals surface area contributed by atoms with Crippen molar-refractivity contribution in [3.8, 4) is 11.3 Å². The molecule has 0 fully saturated rings. The van der Waals surface area contributed by atoms with Crippen LogP contribution >= 0.6 is 22.7 Å². The van der Waals surface area contributed by atoms with Crippen molar-refractivity contribution in [1.29, 1.82) is 0 Å². The van der Waals surface area contributed by atoms with Crippen LogP contribution in [0.1, 0.15) is 10.4 Å². The van der Waals surface area contributed by atoms with E-state index in [0.29, 0.717) is 0 Å². The summed E-state index contributed by atoms with van der Waals surface area (Å²) < 4.78 is 1.27. The Hall–Kier alpha value is -2.70. The zero-order valence-corrected chi connectivity index (χ0v) is 14.0. The molecule has 4 rings (SSSR count). The average Bonchev–Trinajstić information content (AvgIpc) is 3.23. The van der Waals surface area contributed by atoms with Gasteiger partial charge in [0.1, 0.15) is 0 Å². The zero-order valence-electron chi connectivity index (χ0n) is 12.4. The highest BCUT2D eigenvalue weighted by molar-refractivity contribution is 7.17. The Kier molecular flexibility index (Phi) is 3.76. The molecule has 0 radical (unpaired) electrons. The lowest BCUT2D eigenvalue weighted by molar-refractivity contribution is 0.0697. The minimum atomic E-state index is -0.929. The summed E-state index contributed by atoms with van der Waals surface area (Å²) in [6.45, 7) is 0. The highest BCUT2D eigenvalue weighted by atomic mass is 32.1. The van der Waals surface area contributed by atoms with Crippen LogP contribution in [0, 0.1) is 0 Å². The fourth-order valence-electron chi connectivity index (χ4n) is 2.41. The molecule has 0 aliphatic rings. The number of nitrogens with zero attached hydrogens (tertiary/aromatic N) is 1. The van der Waals surface area contributed by atoms with Gasteiger partial charge in [0.25, 0.3) is 0 Å². The molecule has 2 N–H and O–H groups in total. The molecule has 0 atom stereocenters. The van der Waals surface area contributed by atoms with Gasteiger partial charge in [0.05, 0.1) is 11.3 Å². The molecule has 4 aromatic rings. The Bertz CT molecular complexity index is 1020. The number of carboxylic acids is 1. The highest BCUT2D eigenvalue weighted by Crippen LogP contribution is 2.30. The smallest absolute Gasteiger partial charge is 0.335 e. The molecule has 2 heterocycles. The van der Waals surface area contributed by atoms with E-state index < -0.39 is 5.97 Å². The van der Waals surface area contributed by atoms with Crippen LogP contribution in [-0.2, 0) is 0 Å². The molecule has 2 aromatic heterocycles. The molecule has 0 amide bonds. The van der Waals surface area contributed by atoms with Crippen molar-refractivity contribution in [3.63, 3.8) is 0 Å². The molecular formula is C18H12N2O2S2. The van der Waals surface area contributed by atoms with Crippen LogP contribution in [0.15, 0.2) is 59.3 Å². The molecule has 0 spiro atoms. The molecule has 0 bridgehead atoms. The Morgan fingerprint density at radius 2 is 1.88 bits per heavy atom. The SMILES string of the molecule is O=C(O)c1ccc(Nc2nc(-c3ccc4sccc4c3)cs2)cc1. The number of aromatic nitrogens is 1. The number of thiophene rings is 1. The normalized spacial score (nSPS) is 10.8. The molecule has 24 heavy (non-hydrogen) atoms. The van der Waals surface area contributed by atoms with Crippen molar-refractivity contribution in [1.82, 2.24) is 4.98 Å². The number of hydrogen-bond acceptors (Lipinski definition) is 5. The van der Waals surface area contributed by atoms with Crippen LogP contribution in [0.25, 0.3) is 21.3 Å². The summed E-state index contributed by atoms with van der Waals surface area (Å²) in [7, 11) is 0. The maximum Gasteiger partial charge on any atom is 0.335 e. The van der Waals surface area contributed by atoms with Gasteiger partial charge in [-0.15, -0.1) is 22.7 Å². The average molecular weight is 352 g/mol. The maximum absolute atomic E-state index is 10.9. The maximum atomic E-state index is 10.9. The van der Waals surface area contributed by atoms with Crippen molar-refractivity contribution in [3.05, 3.63) is 64.9 Å². The van der Waals surface area contributed by atoms with Crippen molar-refractivity contribution >= 4 is 49.5 Å². The van der Waals surface area contributed by atoms with Crippen molar-refractivity contribution < 1.29 is 9.90 Å². The van der Waals surface area contributed by atoms with Gasteiger partial charge in [-0.05, 0) is 53.2 Å². The van der Waals surface area contributed by atoms with E-state index >= 15 is 0 Å². The Morgan fingerprint density at radius 3 is 2.67 bits per heavy atom. The van der Waals surface area contributed by atoms with Crippen LogP contribution in [0.4, 0.5) is 10.8 Å². The van der Waals surface area contributed by atoms with Crippen LogP contribution < -0.4 is 5.32 Å². The van der Waals surface area contributed by atoms with Gasteiger partial charge in [0.2, 0.25) is 0 Å². The van der Waals surface area contributed by atoms with Crippen molar-refractivity contribution in [2.24, 2.45) is 0 Å². The number of thiazole rings is 1. The van der Waals surface area contributed by atoms with Gasteiger partial charge in [0.15, 0.2) is 5.13 Å². The number of rotatable bonds is 4. The summed E-state index contributed by atoms with van der Waals surface area (Å²) in [4.78, 5) is 15.5. The van der Waals surface area contributed by atoms with E-state index in [4.69, 9.17) is 5.11 Å². The number of benzene rings is 2. The number of nitrogens with one attached hydrogen (secondary N) is 1. The molecule has 118 valence electrons. The van der Waals surface area contributed by atoms with Gasteiger partial charge in [-0.1, -0.05) is 6.07 Å². The molecule has 4 nitrogen and oxygen atoms in total. The lowest BCUT2D eigenvalue weighted by atomic mass is 10.1. The summed E-state index contributed by atoms with van der Waals surface area (Å²) in [5.74, 6) is -0.929. The highest BCUT2D eigenvalue weighted by Gasteiger charge is 2.07. The van der Waals surface area contributed by atoms with Crippen LogP contribution in [0.2, 0.25) is 0 Å². The number of carbonyl (C=O) groups is 1. The van der Waals surface area contributed by atoms with E-state index in [1.807, 2.05) is 5.38 Å². The second kappa shape index (κ2) is 6.07. The van der Waals surface area contributed by atoms with E-state index in [2.05, 4.69) is 39.9 Å². The van der Waals surface area contributed by atoms with Gasteiger partial charge in [-0.25, -0.2) is 9.78 Å². The van der Waals surface area contributed by atoms with Gasteiger partial charge in [-0.3, -0.25) is 0 Å². The summed E-state index contributed by atoms with van der Waals surface area (Å²) in [5.41, 5.74) is 3.10. The number of fused-ring (bicyclic) bond motifs is 1. The predicted molar refractivity (Wildman–Crippen MR) is 99.6 cm³/mol. The molecule has 2 aromatic carbocycles. The third kappa shape index (κ3) is 2.89. The van der Waals surface area contributed by atoms with E-state index in [1.165, 1.54) is 21.4 Å². The van der Waals surface area contributed by atoms with Gasteiger partial charge < -0.3 is 10.4 Å². The summed E-state index contributed by atoms with van der Waals surface area (Å²) in [5, 5.41) is 18.2. The fraction of sp³-hybridized carbons (Fsp3) is 0. The zero-order chi connectivity index (χ0) is 16.5. The van der Waals surface area contributed by atoms with Crippen molar-refractivity contribution in [2.75, 3.05) is 5.32 Å². The van der Waals surface area contributed by atoms with E-state index in [1.54, 1.807) is 35.6 Å². The topological polar surface area (TPSA) is 62.2 Å². The summed E-state index contributed by atoms with van der Waals surface area (Å²) >= 11 is 3.25. The molecule has 0 unspecified atom stereocenters. The molecule has 6 heteroatoms. The minimum Gasteiger partial charge on any atom is -0.478 e. The Balaban J connectivity index is 1.56. The van der Waals surface area contributed by atoms with Crippen molar-refractivity contribution in [2.45, 2.75) is 0 Å². The van der Waals surface area contributed by atoms with E-state index in [-0.39, 0.29) is 5.56 Å². The number of aromatic carboxylic acids is 1. The standard InChI is InChI=1S/C18H12N2O2S2/c21-17(22)11-1-4-14(5-2-11)19-18-20-15(10-24-18)12-3-6-16-13(9-12)7-8-23-16/h1-10H,(H,19,20)(H,21,22). The monoisotopic (exact) mass is 352 g/mol. The molecule has 0 aliphatic heterocycles. The molecule has 0 saturated heterocycles. The van der Waals surface area contributed by atoms with Crippen LogP contribution in [-0.4, -0.2) is 16.1 Å². The number of carboxylic acid groups (broad SMARTS) is 1. The van der Waals surface area contributed by atoms with Crippen LogP contribution in [0.3, 0.4) is 0 Å². The molecule has 0 saturated carbocycles. The van der Waals surface area contributed by atoms with Gasteiger partial charge in [0, 0.05) is 21.3 Å². The first-order valence-electron chi connectivity index (χ1n) is 7.22. The van der Waals surface area contributed by atoms with Gasteiger partial charge >= 0.3 is 5.97 Å². The summed E-state index contributed by atoms with van der Waals surface area (Å²) in [6.07, 6.45) is 0. The molecule has 0 aliphatic carbocycles. The largest absolute Gasteiger partial charge is 0.478 e. The first kappa shape index (κ1) is 14.9. The Morgan fingerprint density at radius 1 is 1.04 bits per heavy atom. The third-order valence-corrected chi connectivity index (χ3v) is 5.29. The first-order chi connectivity index (χ1) is 11.7. The first-order valence-corrected chi connectivity index (χ1v) is 8.98. The lowest BCUT2D eigenvalue weighted by Crippen LogP contribution is -1.96. The summed E-state index contributed by atoms with van der Waals surface area (Å²) in [6, 6.07) is 15.1. The number of anilines is 2. The lowest BCUT2D eigenvalue weighted by Gasteiger charge is -2.03. The Labute approximate surface area is 146 Å². The van der Waals surface area contributed by atoms with E-state index in [9.17, 15) is 4.79 Å². The van der Waals surface area contributed by atoms with E-state index in [0.717, 1.165) is 22.1 Å². The fourth-order valence-corrected chi connectivity index (χ4v) is 3.92. The quantitative estimate of drug-likeness (QED) is 0.511. The third-order valence-electron chi connectivity index (χ3n) is 3.64. The minimum absolute atomic E-state index is 0.268. The second-order valence-corrected chi connectivity index (χ2v) is 7.02. The number of hydrogen-bond donors (Lipinski definition) is 2. The van der Waals surface area contributed by atoms with Crippen LogP contribution in [0.5, 0.6) is 0 Å². The second-order valence-electron chi connectivity index (χ2n) is 5.22. The van der Waals surface area contributed by atoms with Gasteiger partial charge in [-0.2, -0.15) is 0 Å².